The Morgan fingerprint density at radius 1 is 1.08 bits per heavy atom. The number of alkyl halides is 1. The van der Waals surface area contributed by atoms with E-state index in [4.69, 9.17) is 0 Å². The lowest BCUT2D eigenvalue weighted by atomic mass is 9.81. The number of halogens is 1. The van der Waals surface area contributed by atoms with Crippen LogP contribution in [0.3, 0.4) is 0 Å². The molecule has 0 spiro atoms. The normalized spacial score (nSPS) is 26.7. The molecule has 13 heteroatoms. The van der Waals surface area contributed by atoms with Crippen molar-refractivity contribution >= 4 is 46.7 Å². The Morgan fingerprint density at radius 3 is 2.53 bits per heavy atom. The van der Waals surface area contributed by atoms with Gasteiger partial charge in [0, 0.05) is 36.3 Å². The Hall–Kier alpha value is -3.62. The molecule has 1 aromatic heterocycles. The van der Waals surface area contributed by atoms with Crippen LogP contribution in [-0.2, 0) is 14.2 Å². The molecule has 4 heterocycles. The number of fused-ring (bicyclic) bond motifs is 2. The number of thiophene rings is 1. The first-order valence-corrected chi connectivity index (χ1v) is 19.4. The molecule has 3 aromatic rings. The third kappa shape index (κ3) is 7.32. The number of carbonyl (C=O) groups excluding carboxylic acids is 3. The second-order valence-corrected chi connectivity index (χ2v) is 16.8. The van der Waals surface area contributed by atoms with E-state index >= 15 is 0 Å². The number of benzene rings is 2. The smallest absolute Gasteiger partial charge is 0.351 e. The average Bonchev–Trinajstić information content (AvgIpc) is 3.82. The van der Waals surface area contributed by atoms with Crippen LogP contribution in [0.4, 0.5) is 4.39 Å². The second kappa shape index (κ2) is 14.3. The van der Waals surface area contributed by atoms with Crippen LogP contribution >= 0.6 is 18.9 Å². The van der Waals surface area contributed by atoms with Crippen LogP contribution < -0.4 is 5.32 Å². The number of carbonyl (C=O) groups is 3. The molecule has 3 fully saturated rings. The molecule has 3 N–H and O–H groups in total. The third-order valence-electron chi connectivity index (χ3n) is 10.7. The van der Waals surface area contributed by atoms with Gasteiger partial charge in [0.1, 0.15) is 6.04 Å². The highest BCUT2D eigenvalue weighted by atomic mass is 32.1. The van der Waals surface area contributed by atoms with Gasteiger partial charge in [-0.25, -0.2) is 4.39 Å². The molecular weight excluding hydrogens is 666 g/mol. The van der Waals surface area contributed by atoms with Crippen LogP contribution in [-0.4, -0.2) is 69.0 Å². The van der Waals surface area contributed by atoms with E-state index in [-0.39, 0.29) is 41.8 Å². The Kier molecular flexibility index (Phi) is 10.3. The first-order chi connectivity index (χ1) is 23.3. The molecule has 3 aliphatic rings. The molecule has 0 saturated carbocycles. The number of nitrogens with zero attached hydrogens (tertiary/aromatic N) is 3. The molecule has 0 bridgehead atoms. The van der Waals surface area contributed by atoms with Gasteiger partial charge in [-0.1, -0.05) is 50.2 Å². The number of likely N-dealkylation sites (tertiary alicyclic amines) is 1. The van der Waals surface area contributed by atoms with Crippen LogP contribution in [0.25, 0.3) is 10.1 Å². The minimum Gasteiger partial charge on any atom is -0.351 e. The van der Waals surface area contributed by atoms with Crippen molar-refractivity contribution < 1.29 is 33.1 Å². The average molecular weight is 709 g/mol. The predicted octanol–water partition coefficient (Wildman–Crippen LogP) is 5.97. The molecule has 0 radical (unpaired) electrons. The molecule has 10 nitrogen and oxygen atoms in total. The first kappa shape index (κ1) is 35.2. The zero-order valence-electron chi connectivity index (χ0n) is 27.6. The van der Waals surface area contributed by atoms with Gasteiger partial charge in [-0.15, -0.1) is 11.3 Å². The number of nitriles is 1. The summed E-state index contributed by atoms with van der Waals surface area (Å²) in [6.45, 7) is 5.21. The van der Waals surface area contributed by atoms with Crippen LogP contribution in [0.1, 0.15) is 78.6 Å². The Morgan fingerprint density at radius 2 is 1.84 bits per heavy atom. The summed E-state index contributed by atoms with van der Waals surface area (Å²) in [4.78, 5) is 64.2. The second-order valence-electron chi connectivity index (χ2n) is 14.0. The monoisotopic (exact) mass is 708 g/mol. The van der Waals surface area contributed by atoms with Crippen molar-refractivity contribution in [3.63, 3.8) is 0 Å². The van der Waals surface area contributed by atoms with Gasteiger partial charge in [-0.3, -0.25) is 18.9 Å². The summed E-state index contributed by atoms with van der Waals surface area (Å²) in [7, 11) is -4.98. The summed E-state index contributed by atoms with van der Waals surface area (Å²) in [5, 5.41) is 13.3. The van der Waals surface area contributed by atoms with E-state index in [1.165, 1.54) is 29.5 Å². The quantitative estimate of drug-likeness (QED) is 0.244. The SMILES string of the molecule is CC(C)[C@@H]1CCC(CNC(=O)c2cc3cc(C(F)P(=O)(O)O)ccc3s2)C(=O)N2[C@H](CC[C@H]2C(=O)N2C[C@@H](C#N)[C@H](c3ccccc3)C2)C1. The van der Waals surface area contributed by atoms with E-state index in [9.17, 15) is 38.4 Å². The summed E-state index contributed by atoms with van der Waals surface area (Å²) >= 11 is 1.17. The zero-order valence-corrected chi connectivity index (χ0v) is 29.3. The van der Waals surface area contributed by atoms with E-state index in [2.05, 4.69) is 25.2 Å². The van der Waals surface area contributed by atoms with Crippen molar-refractivity contribution in [1.29, 1.82) is 5.26 Å². The van der Waals surface area contributed by atoms with Gasteiger partial charge in [0.2, 0.25) is 17.7 Å². The molecule has 2 unspecified atom stereocenters. The first-order valence-electron chi connectivity index (χ1n) is 16.9. The maximum atomic E-state index is 14.3. The molecular formula is C36H42FN4O6PS. The van der Waals surface area contributed by atoms with Gasteiger partial charge in [-0.05, 0) is 78.7 Å². The van der Waals surface area contributed by atoms with E-state index in [1.807, 2.05) is 30.3 Å². The van der Waals surface area contributed by atoms with Gasteiger partial charge in [0.25, 0.3) is 5.91 Å². The van der Waals surface area contributed by atoms with Gasteiger partial charge in [0.15, 0.2) is 0 Å². The van der Waals surface area contributed by atoms with Crippen molar-refractivity contribution in [3.8, 4) is 6.07 Å². The van der Waals surface area contributed by atoms with Crippen LogP contribution in [0, 0.1) is 35.0 Å². The number of rotatable bonds is 8. The topological polar surface area (TPSA) is 151 Å². The van der Waals surface area contributed by atoms with E-state index < -0.39 is 31.4 Å². The molecule has 2 aromatic carbocycles. The maximum absolute atomic E-state index is 14.3. The number of hydrogen-bond acceptors (Lipinski definition) is 6. The lowest BCUT2D eigenvalue weighted by molar-refractivity contribution is -0.148. The van der Waals surface area contributed by atoms with Gasteiger partial charge in [0.05, 0.1) is 22.8 Å². The minimum absolute atomic E-state index is 0.0732. The Balaban J connectivity index is 1.18. The lowest BCUT2D eigenvalue weighted by Crippen LogP contribution is -2.54. The van der Waals surface area contributed by atoms with E-state index in [0.717, 1.165) is 24.8 Å². The summed E-state index contributed by atoms with van der Waals surface area (Å²) in [6, 6.07) is 17.2. The highest BCUT2D eigenvalue weighted by molar-refractivity contribution is 7.51. The van der Waals surface area contributed by atoms with Crippen molar-refractivity contribution in [2.75, 3.05) is 19.6 Å². The van der Waals surface area contributed by atoms with Gasteiger partial charge in [-0.2, -0.15) is 5.26 Å². The highest BCUT2D eigenvalue weighted by Crippen LogP contribution is 2.53. The molecule has 260 valence electrons. The van der Waals surface area contributed by atoms with Crippen LogP contribution in [0.5, 0.6) is 0 Å². The molecule has 49 heavy (non-hydrogen) atoms. The molecule has 7 atom stereocenters. The Bertz CT molecular complexity index is 1810. The summed E-state index contributed by atoms with van der Waals surface area (Å²) in [5.41, 5.74) is 0.862. The third-order valence-corrected chi connectivity index (χ3v) is 12.7. The zero-order chi connectivity index (χ0) is 35.0. The molecule has 3 aliphatic heterocycles. The molecule has 0 aliphatic carbocycles. The maximum Gasteiger partial charge on any atom is 0.363 e. The number of hydrogen-bond donors (Lipinski definition) is 3. The predicted molar refractivity (Wildman–Crippen MR) is 184 cm³/mol. The minimum atomic E-state index is -4.98. The molecule has 3 saturated heterocycles. The summed E-state index contributed by atoms with van der Waals surface area (Å²) in [5.74, 6) is -3.30. The van der Waals surface area contributed by atoms with E-state index in [0.29, 0.717) is 52.7 Å². The Labute approximate surface area is 289 Å². The van der Waals surface area contributed by atoms with Gasteiger partial charge >= 0.3 is 7.60 Å². The standard InChI is InChI=1S/C36H42FN4O6PS/c1-21(2)23-8-9-25(18-39-34(42)32-16-26-14-24(10-13-31(26)49-32)33(37)48(45,46)47)35(43)41-28(15-23)11-12-30(41)36(44)40-19-27(17-38)29(20-40)22-6-4-3-5-7-22/h3-7,10,13-14,16,21,23,25,27-30,33H,8-9,11-12,15,18-20H2,1-2H3,(H,39,42)(H2,45,46,47)/t23-,25?,27-,28-,29+,30+,33?/m1/s1. The van der Waals surface area contributed by atoms with Crippen molar-refractivity contribution in [2.45, 2.75) is 69.9 Å². The van der Waals surface area contributed by atoms with Crippen molar-refractivity contribution in [2.24, 2.45) is 23.7 Å². The largest absolute Gasteiger partial charge is 0.363 e. The van der Waals surface area contributed by atoms with E-state index in [1.54, 1.807) is 15.9 Å². The summed E-state index contributed by atoms with van der Waals surface area (Å²) in [6.07, 6.45) is 3.52. The molecule has 3 amide bonds. The summed E-state index contributed by atoms with van der Waals surface area (Å²) < 4.78 is 26.4. The number of amides is 3. The molecule has 6 rings (SSSR count). The fraction of sp³-hybridized carbons (Fsp3) is 0.500. The van der Waals surface area contributed by atoms with Crippen LogP contribution in [0.2, 0.25) is 0 Å². The number of nitrogens with one attached hydrogen (secondary N) is 1. The van der Waals surface area contributed by atoms with Crippen LogP contribution in [0.15, 0.2) is 54.6 Å². The lowest BCUT2D eigenvalue weighted by Gasteiger charge is -2.39. The van der Waals surface area contributed by atoms with Gasteiger partial charge < -0.3 is 24.9 Å². The highest BCUT2D eigenvalue weighted by Gasteiger charge is 2.48. The van der Waals surface area contributed by atoms with Crippen molar-refractivity contribution in [3.05, 3.63) is 70.6 Å². The fourth-order valence-electron chi connectivity index (χ4n) is 7.88. The fourth-order valence-corrected chi connectivity index (χ4v) is 9.39. The van der Waals surface area contributed by atoms with Crippen molar-refractivity contribution in [1.82, 2.24) is 15.1 Å².